The molecule has 1 fully saturated rings. The summed E-state index contributed by atoms with van der Waals surface area (Å²) in [6, 6.07) is 9.63. The van der Waals surface area contributed by atoms with Gasteiger partial charge in [0.05, 0.1) is 26.2 Å². The van der Waals surface area contributed by atoms with Crippen LogP contribution in [0.2, 0.25) is 0 Å². The molecular formula is C16H26N3S+. The summed E-state index contributed by atoms with van der Waals surface area (Å²) in [5.41, 5.74) is 8.53. The van der Waals surface area contributed by atoms with Crippen LogP contribution in [0.3, 0.4) is 0 Å². The topological polar surface area (TPSA) is 33.7 Å². The highest BCUT2D eigenvalue weighted by Gasteiger charge is 2.25. The number of quaternary nitrogens is 1. The van der Waals surface area contributed by atoms with Gasteiger partial charge in [0.15, 0.2) is 5.11 Å². The van der Waals surface area contributed by atoms with Crippen LogP contribution in [-0.4, -0.2) is 36.2 Å². The number of hydrogen-bond donors (Lipinski definition) is 2. The summed E-state index contributed by atoms with van der Waals surface area (Å²) >= 11 is 5.05. The standard InChI is InChI=1S/C16H25N3S/c1-12(2)14-4-6-15(7-5-14)13(3)18-8-10-19(11-9-18)16(17)20/h4-7,12-13H,8-11H2,1-3H3,(H2,17,20)/p+1/t13-/m0/s1. The highest BCUT2D eigenvalue weighted by molar-refractivity contribution is 7.80. The van der Waals surface area contributed by atoms with E-state index in [4.69, 9.17) is 18.0 Å². The number of nitrogens with two attached hydrogens (primary N) is 1. The second-order valence-corrected chi connectivity index (χ2v) is 6.44. The summed E-state index contributed by atoms with van der Waals surface area (Å²) in [5, 5.41) is 0.540. The molecule has 1 aromatic rings. The third kappa shape index (κ3) is 3.49. The van der Waals surface area contributed by atoms with Gasteiger partial charge in [-0.2, -0.15) is 0 Å². The van der Waals surface area contributed by atoms with Crippen LogP contribution < -0.4 is 10.6 Å². The molecule has 1 aliphatic rings. The molecule has 1 aliphatic heterocycles. The molecule has 1 saturated heterocycles. The molecule has 4 heteroatoms. The summed E-state index contributed by atoms with van der Waals surface area (Å²) in [4.78, 5) is 3.72. The predicted molar refractivity (Wildman–Crippen MR) is 88.0 cm³/mol. The van der Waals surface area contributed by atoms with Gasteiger partial charge in [-0.3, -0.25) is 0 Å². The molecule has 0 spiro atoms. The molecule has 3 N–H and O–H groups in total. The molecular weight excluding hydrogens is 266 g/mol. The van der Waals surface area contributed by atoms with Gasteiger partial charge in [0.2, 0.25) is 0 Å². The number of hydrogen-bond acceptors (Lipinski definition) is 1. The Labute approximate surface area is 127 Å². The van der Waals surface area contributed by atoms with E-state index in [9.17, 15) is 0 Å². The predicted octanol–water partition coefficient (Wildman–Crippen LogP) is 1.32. The van der Waals surface area contributed by atoms with Crippen LogP contribution >= 0.6 is 12.2 Å². The number of nitrogens with one attached hydrogen (secondary N) is 1. The van der Waals surface area contributed by atoms with Gasteiger partial charge in [-0.25, -0.2) is 0 Å². The lowest BCUT2D eigenvalue weighted by Gasteiger charge is -2.35. The van der Waals surface area contributed by atoms with Crippen molar-refractivity contribution in [3.8, 4) is 0 Å². The minimum atomic E-state index is 0.532. The molecule has 0 amide bonds. The zero-order chi connectivity index (χ0) is 14.7. The third-order valence-corrected chi connectivity index (χ3v) is 4.69. The van der Waals surface area contributed by atoms with Crippen molar-refractivity contribution in [2.75, 3.05) is 26.2 Å². The lowest BCUT2D eigenvalue weighted by Crippen LogP contribution is -3.14. The average molecular weight is 292 g/mol. The van der Waals surface area contributed by atoms with Gasteiger partial charge < -0.3 is 15.5 Å². The molecule has 1 heterocycles. The van der Waals surface area contributed by atoms with E-state index in [1.54, 1.807) is 4.90 Å². The first-order valence-electron chi connectivity index (χ1n) is 7.48. The number of piperazine rings is 1. The van der Waals surface area contributed by atoms with Crippen LogP contribution in [0.5, 0.6) is 0 Å². The maximum atomic E-state index is 5.69. The third-order valence-electron chi connectivity index (χ3n) is 4.43. The molecule has 0 aliphatic carbocycles. The van der Waals surface area contributed by atoms with Crippen molar-refractivity contribution in [1.29, 1.82) is 0 Å². The van der Waals surface area contributed by atoms with Crippen LogP contribution in [0.1, 0.15) is 43.9 Å². The van der Waals surface area contributed by atoms with E-state index in [1.807, 2.05) is 0 Å². The maximum Gasteiger partial charge on any atom is 0.166 e. The molecule has 0 radical (unpaired) electrons. The molecule has 110 valence electrons. The molecule has 0 aromatic heterocycles. The Kier molecular flexibility index (Phi) is 5.00. The summed E-state index contributed by atoms with van der Waals surface area (Å²) in [7, 11) is 0. The van der Waals surface area contributed by atoms with E-state index < -0.39 is 0 Å². The second kappa shape index (κ2) is 6.55. The quantitative estimate of drug-likeness (QED) is 0.825. The van der Waals surface area contributed by atoms with E-state index in [0.717, 1.165) is 26.2 Å². The van der Waals surface area contributed by atoms with Crippen molar-refractivity contribution in [1.82, 2.24) is 4.90 Å². The van der Waals surface area contributed by atoms with Gasteiger partial charge in [0.1, 0.15) is 6.04 Å². The summed E-state index contributed by atoms with van der Waals surface area (Å²) in [5.74, 6) is 0.598. The smallest absolute Gasteiger partial charge is 0.166 e. The van der Waals surface area contributed by atoms with Gasteiger partial charge in [-0.1, -0.05) is 38.1 Å². The monoisotopic (exact) mass is 292 g/mol. The molecule has 20 heavy (non-hydrogen) atoms. The van der Waals surface area contributed by atoms with Crippen molar-refractivity contribution in [3.63, 3.8) is 0 Å². The summed E-state index contributed by atoms with van der Waals surface area (Å²) in [6.07, 6.45) is 0. The van der Waals surface area contributed by atoms with Crippen molar-refractivity contribution in [2.24, 2.45) is 5.73 Å². The SMILES string of the molecule is CC(C)c1ccc([C@H](C)[NH+]2CCN(C(N)=S)CC2)cc1. The fraction of sp³-hybridized carbons (Fsp3) is 0.562. The van der Waals surface area contributed by atoms with E-state index in [2.05, 4.69) is 49.9 Å². The van der Waals surface area contributed by atoms with E-state index in [0.29, 0.717) is 17.1 Å². The van der Waals surface area contributed by atoms with E-state index in [1.165, 1.54) is 11.1 Å². The lowest BCUT2D eigenvalue weighted by atomic mass is 9.99. The summed E-state index contributed by atoms with van der Waals surface area (Å²) in [6.45, 7) is 10.9. The number of benzene rings is 1. The van der Waals surface area contributed by atoms with Gasteiger partial charge >= 0.3 is 0 Å². The first-order valence-corrected chi connectivity index (χ1v) is 7.88. The zero-order valence-corrected chi connectivity index (χ0v) is 13.5. The summed E-state index contributed by atoms with van der Waals surface area (Å²) < 4.78 is 0. The highest BCUT2D eigenvalue weighted by atomic mass is 32.1. The van der Waals surface area contributed by atoms with Gasteiger partial charge in [0, 0.05) is 5.56 Å². The Morgan fingerprint density at radius 3 is 2.05 bits per heavy atom. The molecule has 1 atom stereocenters. The van der Waals surface area contributed by atoms with Crippen LogP contribution in [-0.2, 0) is 0 Å². The van der Waals surface area contributed by atoms with E-state index in [-0.39, 0.29) is 0 Å². The first kappa shape index (κ1) is 15.3. The fourth-order valence-electron chi connectivity index (χ4n) is 2.85. The molecule has 3 nitrogen and oxygen atoms in total. The second-order valence-electron chi connectivity index (χ2n) is 6.03. The zero-order valence-electron chi connectivity index (χ0n) is 12.7. The molecule has 0 unspecified atom stereocenters. The molecule has 0 bridgehead atoms. The Morgan fingerprint density at radius 2 is 1.60 bits per heavy atom. The Hall–Kier alpha value is -1.13. The largest absolute Gasteiger partial charge is 0.376 e. The van der Waals surface area contributed by atoms with E-state index >= 15 is 0 Å². The minimum Gasteiger partial charge on any atom is -0.376 e. The Balaban J connectivity index is 1.98. The molecule has 0 saturated carbocycles. The van der Waals surface area contributed by atoms with Gasteiger partial charge in [-0.15, -0.1) is 0 Å². The number of rotatable bonds is 3. The molecule has 1 aromatic carbocycles. The minimum absolute atomic E-state index is 0.532. The van der Waals surface area contributed by atoms with Crippen LogP contribution in [0.25, 0.3) is 0 Å². The van der Waals surface area contributed by atoms with Crippen molar-refractivity contribution in [3.05, 3.63) is 35.4 Å². The Bertz CT molecular complexity index is 447. The van der Waals surface area contributed by atoms with Crippen LogP contribution in [0, 0.1) is 0 Å². The average Bonchev–Trinajstić information content (AvgIpc) is 2.46. The van der Waals surface area contributed by atoms with Gasteiger partial charge in [-0.05, 0) is 30.6 Å². The van der Waals surface area contributed by atoms with Gasteiger partial charge in [0.25, 0.3) is 0 Å². The van der Waals surface area contributed by atoms with Crippen molar-refractivity contribution >= 4 is 17.3 Å². The first-order chi connectivity index (χ1) is 9.49. The normalized spacial score (nSPS) is 18.3. The highest BCUT2D eigenvalue weighted by Crippen LogP contribution is 2.17. The Morgan fingerprint density at radius 1 is 1.10 bits per heavy atom. The lowest BCUT2D eigenvalue weighted by molar-refractivity contribution is -0.933. The van der Waals surface area contributed by atoms with Crippen LogP contribution in [0.4, 0.5) is 0 Å². The van der Waals surface area contributed by atoms with Crippen LogP contribution in [0.15, 0.2) is 24.3 Å². The number of nitrogens with zero attached hydrogens (tertiary/aromatic N) is 1. The maximum absolute atomic E-state index is 5.69. The fourth-order valence-corrected chi connectivity index (χ4v) is 3.04. The number of thiocarbonyl (C=S) groups is 1. The van der Waals surface area contributed by atoms with Crippen molar-refractivity contribution in [2.45, 2.75) is 32.7 Å². The molecule has 2 rings (SSSR count). The van der Waals surface area contributed by atoms with Crippen molar-refractivity contribution < 1.29 is 4.90 Å².